The Kier molecular flexibility index (Phi) is 3.09. The van der Waals surface area contributed by atoms with Gasteiger partial charge in [0.2, 0.25) is 10.0 Å². The van der Waals surface area contributed by atoms with Gasteiger partial charge in [-0.05, 0) is 12.1 Å². The molecule has 4 nitrogen and oxygen atoms in total. The summed E-state index contributed by atoms with van der Waals surface area (Å²) in [5, 5.41) is 9.09. The van der Waals surface area contributed by atoms with Crippen LogP contribution in [0.2, 0.25) is 0 Å². The summed E-state index contributed by atoms with van der Waals surface area (Å²) in [6, 6.07) is 7.81. The highest BCUT2D eigenvalue weighted by Gasteiger charge is 2.31. The van der Waals surface area contributed by atoms with E-state index in [-0.39, 0.29) is 11.5 Å². The first-order chi connectivity index (χ1) is 7.66. The van der Waals surface area contributed by atoms with Gasteiger partial charge in [0, 0.05) is 6.54 Å². The Morgan fingerprint density at radius 1 is 1.31 bits per heavy atom. The predicted molar refractivity (Wildman–Crippen MR) is 60.3 cm³/mol. The third kappa shape index (κ3) is 1.89. The number of nitrogens with zero attached hydrogens (tertiary/aromatic N) is 1. The van der Waals surface area contributed by atoms with Gasteiger partial charge in [-0.2, -0.15) is 4.31 Å². The van der Waals surface area contributed by atoms with E-state index < -0.39 is 16.1 Å². The van der Waals surface area contributed by atoms with Crippen molar-refractivity contribution in [1.29, 1.82) is 0 Å². The molecule has 0 bridgehead atoms. The number of hydrogen-bond donors (Lipinski definition) is 1. The zero-order valence-electron chi connectivity index (χ0n) is 8.65. The fourth-order valence-electron chi connectivity index (χ4n) is 1.71. The third-order valence-electron chi connectivity index (χ3n) is 2.55. The molecule has 0 saturated heterocycles. The Labute approximate surface area is 94.9 Å². The fraction of sp³-hybridized carbons (Fsp3) is 0.273. The molecule has 1 N–H and O–H groups in total. The molecule has 0 fully saturated rings. The summed E-state index contributed by atoms with van der Waals surface area (Å²) >= 11 is 0. The minimum atomic E-state index is -3.49. The molecule has 16 heavy (non-hydrogen) atoms. The number of hydrogen-bond acceptors (Lipinski definition) is 3. The lowest BCUT2D eigenvalue weighted by molar-refractivity contribution is 0.230. The molecular formula is C11H13NO3S. The van der Waals surface area contributed by atoms with Crippen molar-refractivity contribution in [3.63, 3.8) is 0 Å². The van der Waals surface area contributed by atoms with E-state index in [1.54, 1.807) is 42.5 Å². The number of aliphatic hydroxyl groups is 1. The summed E-state index contributed by atoms with van der Waals surface area (Å²) in [5.41, 5.74) is 0. The normalized spacial score (nSPS) is 21.4. The van der Waals surface area contributed by atoms with Gasteiger partial charge in [-0.15, -0.1) is 0 Å². The molecule has 0 aliphatic carbocycles. The van der Waals surface area contributed by atoms with Crippen LogP contribution in [0.1, 0.15) is 0 Å². The summed E-state index contributed by atoms with van der Waals surface area (Å²) in [7, 11) is -3.49. The highest BCUT2D eigenvalue weighted by Crippen LogP contribution is 2.21. The van der Waals surface area contributed by atoms with Gasteiger partial charge in [-0.1, -0.05) is 30.4 Å². The second kappa shape index (κ2) is 4.37. The van der Waals surface area contributed by atoms with E-state index in [2.05, 4.69) is 0 Å². The Balaban J connectivity index is 2.34. The standard InChI is InChI=1S/C11H13NO3S/c13-9-10-5-4-8-12(10)16(14,15)11-6-2-1-3-7-11/h1-7,10,13H,8-9H2/t10-/m1/s1. The highest BCUT2D eigenvalue weighted by atomic mass is 32.2. The predicted octanol–water partition coefficient (Wildman–Crippen LogP) is 0.608. The third-order valence-corrected chi connectivity index (χ3v) is 4.46. The van der Waals surface area contributed by atoms with Crippen LogP contribution in [-0.4, -0.2) is 37.0 Å². The molecule has 0 amide bonds. The molecule has 0 saturated carbocycles. The van der Waals surface area contributed by atoms with Gasteiger partial charge in [0.1, 0.15) is 0 Å². The van der Waals surface area contributed by atoms with E-state index in [0.717, 1.165) is 0 Å². The minimum Gasteiger partial charge on any atom is -0.394 e. The van der Waals surface area contributed by atoms with Crippen LogP contribution in [0.15, 0.2) is 47.4 Å². The first-order valence-electron chi connectivity index (χ1n) is 5.00. The van der Waals surface area contributed by atoms with Crippen LogP contribution in [0.4, 0.5) is 0 Å². The van der Waals surface area contributed by atoms with Crippen molar-refractivity contribution < 1.29 is 13.5 Å². The topological polar surface area (TPSA) is 57.6 Å². The largest absolute Gasteiger partial charge is 0.394 e. The van der Waals surface area contributed by atoms with Crippen molar-refractivity contribution in [3.05, 3.63) is 42.5 Å². The van der Waals surface area contributed by atoms with Crippen LogP contribution in [0.5, 0.6) is 0 Å². The molecule has 1 heterocycles. The number of aliphatic hydroxyl groups excluding tert-OH is 1. The quantitative estimate of drug-likeness (QED) is 0.786. The Morgan fingerprint density at radius 2 is 2.00 bits per heavy atom. The molecule has 0 radical (unpaired) electrons. The van der Waals surface area contributed by atoms with Gasteiger partial charge in [0.25, 0.3) is 0 Å². The van der Waals surface area contributed by atoms with E-state index in [1.807, 2.05) is 0 Å². The van der Waals surface area contributed by atoms with Crippen LogP contribution in [-0.2, 0) is 10.0 Å². The Hall–Kier alpha value is -1.17. The Bertz CT molecular complexity index is 481. The van der Waals surface area contributed by atoms with Crippen molar-refractivity contribution in [2.45, 2.75) is 10.9 Å². The number of rotatable bonds is 3. The summed E-state index contributed by atoms with van der Waals surface area (Å²) < 4.78 is 25.7. The molecule has 1 aliphatic heterocycles. The molecule has 0 unspecified atom stereocenters. The summed E-state index contributed by atoms with van der Waals surface area (Å²) in [6.07, 6.45) is 3.46. The van der Waals surface area contributed by atoms with Crippen LogP contribution < -0.4 is 0 Å². The maximum Gasteiger partial charge on any atom is 0.243 e. The summed E-state index contributed by atoms with van der Waals surface area (Å²) in [6.45, 7) is 0.130. The highest BCUT2D eigenvalue weighted by molar-refractivity contribution is 7.89. The van der Waals surface area contributed by atoms with Crippen molar-refractivity contribution in [2.75, 3.05) is 13.2 Å². The molecule has 0 aromatic heterocycles. The van der Waals surface area contributed by atoms with Gasteiger partial charge in [-0.25, -0.2) is 8.42 Å². The maximum atomic E-state index is 12.2. The van der Waals surface area contributed by atoms with E-state index in [1.165, 1.54) is 4.31 Å². The zero-order chi connectivity index (χ0) is 11.6. The van der Waals surface area contributed by atoms with Crippen molar-refractivity contribution >= 4 is 10.0 Å². The summed E-state index contributed by atoms with van der Waals surface area (Å²) in [5.74, 6) is 0. The van der Waals surface area contributed by atoms with Crippen LogP contribution in [0.25, 0.3) is 0 Å². The first-order valence-corrected chi connectivity index (χ1v) is 6.44. The molecule has 1 atom stereocenters. The average Bonchev–Trinajstić information content (AvgIpc) is 2.79. The number of sulfonamides is 1. The lowest BCUT2D eigenvalue weighted by atomic mass is 10.3. The molecule has 5 heteroatoms. The SMILES string of the molecule is O=S(=O)(c1ccccc1)N1CC=C[C@@H]1CO. The van der Waals surface area contributed by atoms with Gasteiger partial charge in [-0.3, -0.25) is 0 Å². The maximum absolute atomic E-state index is 12.2. The molecule has 1 aromatic rings. The monoisotopic (exact) mass is 239 g/mol. The van der Waals surface area contributed by atoms with Crippen molar-refractivity contribution in [3.8, 4) is 0 Å². The van der Waals surface area contributed by atoms with E-state index >= 15 is 0 Å². The lowest BCUT2D eigenvalue weighted by Gasteiger charge is -2.22. The second-order valence-electron chi connectivity index (χ2n) is 3.57. The van der Waals surface area contributed by atoms with Gasteiger partial charge in [0.05, 0.1) is 17.5 Å². The van der Waals surface area contributed by atoms with Crippen LogP contribution in [0.3, 0.4) is 0 Å². The van der Waals surface area contributed by atoms with E-state index in [0.29, 0.717) is 6.54 Å². The molecule has 1 aliphatic rings. The second-order valence-corrected chi connectivity index (χ2v) is 5.46. The van der Waals surface area contributed by atoms with E-state index in [9.17, 15) is 8.42 Å². The smallest absolute Gasteiger partial charge is 0.243 e. The van der Waals surface area contributed by atoms with Gasteiger partial charge >= 0.3 is 0 Å². The van der Waals surface area contributed by atoms with Crippen molar-refractivity contribution in [2.24, 2.45) is 0 Å². The average molecular weight is 239 g/mol. The van der Waals surface area contributed by atoms with Gasteiger partial charge < -0.3 is 5.11 Å². The molecule has 1 aromatic carbocycles. The summed E-state index contributed by atoms with van der Waals surface area (Å²) in [4.78, 5) is 0.261. The molecule has 2 rings (SSSR count). The number of benzene rings is 1. The van der Waals surface area contributed by atoms with Crippen molar-refractivity contribution in [1.82, 2.24) is 4.31 Å². The fourth-order valence-corrected chi connectivity index (χ4v) is 3.26. The Morgan fingerprint density at radius 3 is 2.62 bits per heavy atom. The van der Waals surface area contributed by atoms with E-state index in [4.69, 9.17) is 5.11 Å². The van der Waals surface area contributed by atoms with Gasteiger partial charge in [0.15, 0.2) is 0 Å². The van der Waals surface area contributed by atoms with Crippen LogP contribution >= 0.6 is 0 Å². The lowest BCUT2D eigenvalue weighted by Crippen LogP contribution is -2.38. The molecule has 0 spiro atoms. The minimum absolute atomic E-state index is 0.192. The first kappa shape index (κ1) is 11.3. The molecule has 86 valence electrons. The van der Waals surface area contributed by atoms with Crippen LogP contribution in [0, 0.1) is 0 Å². The molecular weight excluding hydrogens is 226 g/mol. The zero-order valence-corrected chi connectivity index (χ0v) is 9.47.